The van der Waals surface area contributed by atoms with Crippen molar-refractivity contribution in [2.45, 2.75) is 43.9 Å². The number of rotatable bonds is 0. The Morgan fingerprint density at radius 2 is 1.36 bits per heavy atom. The molecule has 1 aliphatic carbocycles. The van der Waals surface area contributed by atoms with Gasteiger partial charge in [-0.1, -0.05) is 6.42 Å². The van der Waals surface area contributed by atoms with Crippen LogP contribution in [0.5, 0.6) is 0 Å². The minimum absolute atomic E-state index is 0.351. The number of alkyl halides is 4. The quantitative estimate of drug-likeness (QED) is 0.489. The Morgan fingerprint density at radius 1 is 0.909 bits per heavy atom. The lowest BCUT2D eigenvalue weighted by molar-refractivity contribution is -0.239. The van der Waals surface area contributed by atoms with E-state index in [4.69, 9.17) is 0 Å². The minimum Gasteiger partial charge on any atom is -0.234 e. The molecule has 0 atom stereocenters. The minimum atomic E-state index is -4.66. The molecule has 66 valence electrons. The molecule has 1 saturated carbocycles. The first-order valence-electron chi connectivity index (χ1n) is 3.71. The topological polar surface area (TPSA) is 0 Å². The molecule has 0 saturated heterocycles. The molecule has 1 aliphatic rings. The van der Waals surface area contributed by atoms with Gasteiger partial charge in [0.05, 0.1) is 0 Å². The normalized spacial score (nSPS) is 25.1. The number of hydrogen-bond acceptors (Lipinski definition) is 0. The molecule has 1 fully saturated rings. The summed E-state index contributed by atoms with van der Waals surface area (Å²) in [6.45, 7) is 0. The summed E-state index contributed by atoms with van der Waals surface area (Å²) in [7, 11) is 0. The highest BCUT2D eigenvalue weighted by atomic mass is 19.4. The fourth-order valence-corrected chi connectivity index (χ4v) is 1.40. The molecule has 1 rings (SSSR count). The van der Waals surface area contributed by atoms with Crippen molar-refractivity contribution in [2.24, 2.45) is 0 Å². The monoisotopic (exact) mass is 170 g/mol. The van der Waals surface area contributed by atoms with Crippen molar-refractivity contribution < 1.29 is 17.6 Å². The van der Waals surface area contributed by atoms with Gasteiger partial charge in [0.25, 0.3) is 0 Å². The molecule has 0 heterocycles. The Labute approximate surface area is 62.6 Å². The molecule has 11 heavy (non-hydrogen) atoms. The van der Waals surface area contributed by atoms with Gasteiger partial charge in [0, 0.05) is 0 Å². The van der Waals surface area contributed by atoms with E-state index in [0.29, 0.717) is 12.8 Å². The molecule has 0 aromatic heterocycles. The van der Waals surface area contributed by atoms with Crippen LogP contribution >= 0.6 is 0 Å². The van der Waals surface area contributed by atoms with Crippen molar-refractivity contribution >= 4 is 0 Å². The highest BCUT2D eigenvalue weighted by Gasteiger charge is 2.55. The van der Waals surface area contributed by atoms with E-state index < -0.39 is 11.8 Å². The summed E-state index contributed by atoms with van der Waals surface area (Å²) in [5.74, 6) is 0. The van der Waals surface area contributed by atoms with Crippen LogP contribution in [0.4, 0.5) is 17.6 Å². The Morgan fingerprint density at radius 3 is 1.64 bits per heavy atom. The van der Waals surface area contributed by atoms with Crippen molar-refractivity contribution in [1.29, 1.82) is 0 Å². The SMILES string of the molecule is FC(F)(F)C1(F)CCCCC1. The van der Waals surface area contributed by atoms with E-state index in [1.807, 2.05) is 0 Å². The third-order valence-corrected chi connectivity index (χ3v) is 2.15. The average molecular weight is 170 g/mol. The zero-order valence-corrected chi connectivity index (χ0v) is 6.05. The van der Waals surface area contributed by atoms with Gasteiger partial charge < -0.3 is 0 Å². The predicted molar refractivity (Wildman–Crippen MR) is 33.0 cm³/mol. The van der Waals surface area contributed by atoms with E-state index in [9.17, 15) is 17.6 Å². The summed E-state index contributed by atoms with van der Waals surface area (Å²) in [6.07, 6.45) is -3.92. The molecule has 4 heteroatoms. The van der Waals surface area contributed by atoms with Crippen LogP contribution in [0, 0.1) is 0 Å². The van der Waals surface area contributed by atoms with E-state index >= 15 is 0 Å². The van der Waals surface area contributed by atoms with Crippen molar-refractivity contribution in [2.75, 3.05) is 0 Å². The molecule has 0 aliphatic heterocycles. The van der Waals surface area contributed by atoms with E-state index in [2.05, 4.69) is 0 Å². The molecule has 0 aromatic carbocycles. The molecule has 0 aromatic rings. The number of hydrogen-bond donors (Lipinski definition) is 0. The molecule has 0 N–H and O–H groups in total. The van der Waals surface area contributed by atoms with Crippen LogP contribution in [0.15, 0.2) is 0 Å². The predicted octanol–water partition coefficient (Wildman–Crippen LogP) is 3.22. The van der Waals surface area contributed by atoms with Crippen LogP contribution in [0.25, 0.3) is 0 Å². The zero-order chi connectivity index (χ0) is 8.54. The summed E-state index contributed by atoms with van der Waals surface area (Å²) in [4.78, 5) is 0. The Kier molecular flexibility index (Phi) is 2.12. The second-order valence-electron chi connectivity index (χ2n) is 3.02. The lowest BCUT2D eigenvalue weighted by Crippen LogP contribution is -2.42. The second-order valence-corrected chi connectivity index (χ2v) is 3.02. The Hall–Kier alpha value is -0.280. The van der Waals surface area contributed by atoms with Crippen LogP contribution in [0.2, 0.25) is 0 Å². The van der Waals surface area contributed by atoms with Crippen LogP contribution in [-0.2, 0) is 0 Å². The van der Waals surface area contributed by atoms with Gasteiger partial charge in [-0.3, -0.25) is 0 Å². The molecule has 0 bridgehead atoms. The third kappa shape index (κ3) is 1.65. The highest BCUT2D eigenvalue weighted by molar-refractivity contribution is 4.89. The molecule has 0 nitrogen and oxygen atoms in total. The first-order valence-corrected chi connectivity index (χ1v) is 3.71. The molecule has 0 radical (unpaired) electrons. The smallest absolute Gasteiger partial charge is 0.234 e. The standard InChI is InChI=1S/C7H10F4/c8-6(7(9,10)11)4-2-1-3-5-6/h1-5H2. The van der Waals surface area contributed by atoms with Crippen molar-refractivity contribution in [3.63, 3.8) is 0 Å². The van der Waals surface area contributed by atoms with Crippen molar-refractivity contribution in [3.8, 4) is 0 Å². The van der Waals surface area contributed by atoms with Gasteiger partial charge in [-0.25, -0.2) is 4.39 Å². The van der Waals surface area contributed by atoms with E-state index in [1.54, 1.807) is 0 Å². The Bertz CT molecular complexity index is 132. The summed E-state index contributed by atoms with van der Waals surface area (Å²) >= 11 is 0. The molecule has 0 amide bonds. The summed E-state index contributed by atoms with van der Waals surface area (Å²) in [5, 5.41) is 0. The van der Waals surface area contributed by atoms with Gasteiger partial charge in [0.1, 0.15) is 0 Å². The highest BCUT2D eigenvalue weighted by Crippen LogP contribution is 2.44. The van der Waals surface area contributed by atoms with E-state index in [1.165, 1.54) is 0 Å². The van der Waals surface area contributed by atoms with Gasteiger partial charge in [-0.15, -0.1) is 0 Å². The second kappa shape index (κ2) is 2.64. The summed E-state index contributed by atoms with van der Waals surface area (Å²) < 4.78 is 48.8. The largest absolute Gasteiger partial charge is 0.422 e. The van der Waals surface area contributed by atoms with Crippen LogP contribution in [-0.4, -0.2) is 11.8 Å². The molecular formula is C7H10F4. The zero-order valence-electron chi connectivity index (χ0n) is 6.05. The lowest BCUT2D eigenvalue weighted by atomic mass is 9.86. The molecule has 0 unspecified atom stereocenters. The first kappa shape index (κ1) is 8.81. The van der Waals surface area contributed by atoms with Crippen molar-refractivity contribution in [1.82, 2.24) is 0 Å². The van der Waals surface area contributed by atoms with Gasteiger partial charge in [0.15, 0.2) is 0 Å². The van der Waals surface area contributed by atoms with Gasteiger partial charge >= 0.3 is 6.18 Å². The summed E-state index contributed by atoms with van der Waals surface area (Å²) in [5.41, 5.74) is -2.88. The van der Waals surface area contributed by atoms with Crippen molar-refractivity contribution in [3.05, 3.63) is 0 Å². The summed E-state index contributed by atoms with van der Waals surface area (Å²) in [6, 6.07) is 0. The molecular weight excluding hydrogens is 160 g/mol. The first-order chi connectivity index (χ1) is 4.96. The average Bonchev–Trinajstić information content (AvgIpc) is 1.87. The van der Waals surface area contributed by atoms with E-state index in [-0.39, 0.29) is 12.8 Å². The lowest BCUT2D eigenvalue weighted by Gasteiger charge is -2.31. The van der Waals surface area contributed by atoms with Gasteiger partial charge in [-0.05, 0) is 25.7 Å². The van der Waals surface area contributed by atoms with Gasteiger partial charge in [-0.2, -0.15) is 13.2 Å². The maximum atomic E-state index is 13.0. The fourth-order valence-electron chi connectivity index (χ4n) is 1.40. The van der Waals surface area contributed by atoms with Crippen LogP contribution in [0.1, 0.15) is 32.1 Å². The molecule has 0 spiro atoms. The van der Waals surface area contributed by atoms with Gasteiger partial charge in [0.2, 0.25) is 5.67 Å². The number of halogens is 4. The maximum Gasteiger partial charge on any atom is 0.422 e. The Balaban J connectivity index is 2.64. The van der Waals surface area contributed by atoms with Crippen LogP contribution in [0.3, 0.4) is 0 Å². The maximum absolute atomic E-state index is 13.0. The third-order valence-electron chi connectivity index (χ3n) is 2.15. The van der Waals surface area contributed by atoms with Crippen LogP contribution < -0.4 is 0 Å². The fraction of sp³-hybridized carbons (Fsp3) is 1.00. The van der Waals surface area contributed by atoms with E-state index in [0.717, 1.165) is 6.42 Å².